The number of carbonyl (C=O) groups excluding carboxylic acids is 2. The maximum atomic E-state index is 12.7. The van der Waals surface area contributed by atoms with Gasteiger partial charge in [-0.15, -0.1) is 0 Å². The van der Waals surface area contributed by atoms with Gasteiger partial charge in [-0.3, -0.25) is 23.5 Å². The summed E-state index contributed by atoms with van der Waals surface area (Å²) in [4.78, 5) is 50.0. The lowest BCUT2D eigenvalue weighted by Crippen LogP contribution is -2.43. The average Bonchev–Trinajstić information content (AvgIpc) is 2.77. The highest BCUT2D eigenvalue weighted by molar-refractivity contribution is 6.36. The topological polar surface area (TPSA) is 113 Å². The molecule has 3 rings (SSSR count). The SMILES string of the molecule is Cn1c(=O)c(C(=O)COC(=O)Cc2c(Cl)cccc2Cl)c(N)n(Cc2ccccc2)c1=O. The van der Waals surface area contributed by atoms with Crippen LogP contribution in [0.25, 0.3) is 0 Å². The predicted octanol–water partition coefficient (Wildman–Crippen LogP) is 2.45. The molecule has 1 heterocycles. The highest BCUT2D eigenvalue weighted by atomic mass is 35.5. The molecular formula is C22H19Cl2N3O5. The number of halogens is 2. The minimum atomic E-state index is -0.869. The molecule has 0 aliphatic heterocycles. The monoisotopic (exact) mass is 475 g/mol. The van der Waals surface area contributed by atoms with Crippen molar-refractivity contribution in [2.24, 2.45) is 7.05 Å². The second kappa shape index (κ2) is 9.84. The Kier molecular flexibility index (Phi) is 7.17. The van der Waals surface area contributed by atoms with Crippen LogP contribution in [0.5, 0.6) is 0 Å². The van der Waals surface area contributed by atoms with Gasteiger partial charge < -0.3 is 10.5 Å². The lowest BCUT2D eigenvalue weighted by atomic mass is 10.1. The molecule has 0 aliphatic rings. The van der Waals surface area contributed by atoms with E-state index in [0.717, 1.165) is 14.7 Å². The summed E-state index contributed by atoms with van der Waals surface area (Å²) in [5, 5.41) is 0.568. The molecule has 1 aromatic heterocycles. The van der Waals surface area contributed by atoms with E-state index in [1.807, 2.05) is 6.07 Å². The number of ether oxygens (including phenoxy) is 1. The van der Waals surface area contributed by atoms with Gasteiger partial charge in [-0.2, -0.15) is 0 Å². The van der Waals surface area contributed by atoms with Gasteiger partial charge in [0, 0.05) is 22.7 Å². The molecule has 3 aromatic rings. The molecule has 0 saturated heterocycles. The van der Waals surface area contributed by atoms with Gasteiger partial charge in [0.1, 0.15) is 11.4 Å². The molecule has 0 atom stereocenters. The van der Waals surface area contributed by atoms with Crippen molar-refractivity contribution in [1.29, 1.82) is 0 Å². The van der Waals surface area contributed by atoms with E-state index in [9.17, 15) is 19.2 Å². The van der Waals surface area contributed by atoms with Crippen LogP contribution < -0.4 is 17.0 Å². The van der Waals surface area contributed by atoms with Crippen molar-refractivity contribution in [2.45, 2.75) is 13.0 Å². The quantitative estimate of drug-likeness (QED) is 0.414. The number of ketones is 1. The van der Waals surface area contributed by atoms with Crippen LogP contribution in [-0.2, 0) is 29.5 Å². The lowest BCUT2D eigenvalue weighted by Gasteiger charge is -2.15. The number of anilines is 1. The molecule has 0 amide bonds. The summed E-state index contributed by atoms with van der Waals surface area (Å²) in [6, 6.07) is 13.7. The molecule has 0 aliphatic carbocycles. The Balaban J connectivity index is 1.82. The van der Waals surface area contributed by atoms with Crippen LogP contribution >= 0.6 is 23.2 Å². The fraction of sp³-hybridized carbons (Fsp3) is 0.182. The van der Waals surface area contributed by atoms with Crippen molar-refractivity contribution in [2.75, 3.05) is 12.3 Å². The van der Waals surface area contributed by atoms with E-state index in [4.69, 9.17) is 33.7 Å². The second-order valence-electron chi connectivity index (χ2n) is 6.94. The van der Waals surface area contributed by atoms with Crippen LogP contribution in [0.2, 0.25) is 10.0 Å². The first-order valence-corrected chi connectivity index (χ1v) is 10.2. The Hall–Kier alpha value is -3.36. The van der Waals surface area contributed by atoms with E-state index in [2.05, 4.69) is 0 Å². The summed E-state index contributed by atoms with van der Waals surface area (Å²) in [6.07, 6.45) is -0.257. The summed E-state index contributed by atoms with van der Waals surface area (Å²) in [5.41, 5.74) is 5.18. The fourth-order valence-corrected chi connectivity index (χ4v) is 3.61. The van der Waals surface area contributed by atoms with Gasteiger partial charge in [-0.25, -0.2) is 4.79 Å². The second-order valence-corrected chi connectivity index (χ2v) is 7.75. The van der Waals surface area contributed by atoms with Crippen molar-refractivity contribution in [1.82, 2.24) is 9.13 Å². The lowest BCUT2D eigenvalue weighted by molar-refractivity contribution is -0.141. The standard InChI is InChI=1S/C22H19Cl2N3O5/c1-26-21(30)19(20(25)27(22(26)31)11-13-6-3-2-4-7-13)17(28)12-32-18(29)10-14-15(23)8-5-9-16(14)24/h2-9H,10-12,25H2,1H3. The number of nitrogens with zero attached hydrogens (tertiary/aromatic N) is 2. The maximum Gasteiger partial charge on any atom is 0.332 e. The average molecular weight is 476 g/mol. The molecule has 0 bridgehead atoms. The third-order valence-electron chi connectivity index (χ3n) is 4.79. The highest BCUT2D eigenvalue weighted by Gasteiger charge is 2.23. The molecule has 2 N–H and O–H groups in total. The molecule has 166 valence electrons. The Morgan fingerprint density at radius 3 is 2.25 bits per heavy atom. The van der Waals surface area contributed by atoms with E-state index in [-0.39, 0.29) is 28.8 Å². The molecule has 10 heteroatoms. The van der Waals surface area contributed by atoms with Gasteiger partial charge in [0.05, 0.1) is 13.0 Å². The van der Waals surface area contributed by atoms with Crippen molar-refractivity contribution < 1.29 is 14.3 Å². The minimum absolute atomic E-state index is 0.0602. The largest absolute Gasteiger partial charge is 0.457 e. The molecule has 0 spiro atoms. The van der Waals surface area contributed by atoms with Crippen molar-refractivity contribution in [3.63, 3.8) is 0 Å². The van der Waals surface area contributed by atoms with Gasteiger partial charge in [-0.05, 0) is 17.7 Å². The van der Waals surface area contributed by atoms with Crippen molar-refractivity contribution in [3.8, 4) is 0 Å². The first-order valence-electron chi connectivity index (χ1n) is 9.45. The predicted molar refractivity (Wildman–Crippen MR) is 121 cm³/mol. The number of hydrogen-bond donors (Lipinski definition) is 1. The molecule has 0 radical (unpaired) electrons. The van der Waals surface area contributed by atoms with Gasteiger partial charge in [0.15, 0.2) is 6.61 Å². The third-order valence-corrected chi connectivity index (χ3v) is 5.50. The normalized spacial score (nSPS) is 10.7. The van der Waals surface area contributed by atoms with Crippen LogP contribution in [0, 0.1) is 0 Å². The number of carbonyl (C=O) groups is 2. The molecule has 0 saturated carbocycles. The highest BCUT2D eigenvalue weighted by Crippen LogP contribution is 2.25. The molecule has 0 fully saturated rings. The summed E-state index contributed by atoms with van der Waals surface area (Å²) in [5.74, 6) is -1.89. The molecule has 32 heavy (non-hydrogen) atoms. The zero-order valence-electron chi connectivity index (χ0n) is 17.0. The Labute approximate surface area is 192 Å². The number of hydrogen-bond acceptors (Lipinski definition) is 6. The number of esters is 1. The van der Waals surface area contributed by atoms with Crippen LogP contribution in [0.4, 0.5) is 5.82 Å². The van der Waals surface area contributed by atoms with Crippen LogP contribution in [0.3, 0.4) is 0 Å². The zero-order chi connectivity index (χ0) is 23.4. The first-order chi connectivity index (χ1) is 15.2. The number of nitrogen functional groups attached to an aromatic ring is 1. The van der Waals surface area contributed by atoms with E-state index in [1.165, 1.54) is 7.05 Å². The number of aromatic nitrogens is 2. The van der Waals surface area contributed by atoms with E-state index in [1.54, 1.807) is 42.5 Å². The van der Waals surface area contributed by atoms with Gasteiger partial charge in [0.25, 0.3) is 5.56 Å². The molecular weight excluding hydrogens is 457 g/mol. The molecule has 2 aromatic carbocycles. The number of nitrogens with two attached hydrogens (primary N) is 1. The van der Waals surface area contributed by atoms with Gasteiger partial charge >= 0.3 is 11.7 Å². The van der Waals surface area contributed by atoms with Crippen LogP contribution in [-0.4, -0.2) is 27.5 Å². The van der Waals surface area contributed by atoms with Crippen molar-refractivity contribution >= 4 is 40.8 Å². The number of Topliss-reactive ketones (excluding diaryl/α,β-unsaturated/α-hetero) is 1. The van der Waals surface area contributed by atoms with E-state index in [0.29, 0.717) is 5.56 Å². The van der Waals surface area contributed by atoms with Crippen LogP contribution in [0.15, 0.2) is 58.1 Å². The Morgan fingerprint density at radius 2 is 1.62 bits per heavy atom. The van der Waals surface area contributed by atoms with E-state index >= 15 is 0 Å². The Morgan fingerprint density at radius 1 is 1.00 bits per heavy atom. The minimum Gasteiger partial charge on any atom is -0.457 e. The summed E-state index contributed by atoms with van der Waals surface area (Å²) >= 11 is 12.1. The molecule has 0 unspecified atom stereocenters. The fourth-order valence-electron chi connectivity index (χ4n) is 3.08. The molecule has 8 nitrogen and oxygen atoms in total. The van der Waals surface area contributed by atoms with Crippen molar-refractivity contribution in [3.05, 3.63) is 96.1 Å². The van der Waals surface area contributed by atoms with Crippen LogP contribution in [0.1, 0.15) is 21.5 Å². The summed E-state index contributed by atoms with van der Waals surface area (Å²) in [7, 11) is 1.24. The zero-order valence-corrected chi connectivity index (χ0v) is 18.5. The summed E-state index contributed by atoms with van der Waals surface area (Å²) < 4.78 is 6.92. The van der Waals surface area contributed by atoms with Gasteiger partial charge in [-0.1, -0.05) is 59.6 Å². The first kappa shape index (κ1) is 23.3. The summed E-state index contributed by atoms with van der Waals surface area (Å²) in [6.45, 7) is -0.672. The smallest absolute Gasteiger partial charge is 0.332 e. The maximum absolute atomic E-state index is 12.7. The number of rotatable bonds is 7. The number of benzene rings is 2. The van der Waals surface area contributed by atoms with E-state index < -0.39 is 35.2 Å². The van der Waals surface area contributed by atoms with Gasteiger partial charge in [0.2, 0.25) is 5.78 Å². The Bertz CT molecular complexity index is 1280. The third kappa shape index (κ3) is 4.92.